The molecular weight excluding hydrogens is 360 g/mol. The normalized spacial score (nSPS) is 10.9. The third-order valence-electron chi connectivity index (χ3n) is 3.63. The fourth-order valence-electron chi connectivity index (χ4n) is 2.44. The molecule has 3 aromatic rings. The molecule has 138 valence electrons. The summed E-state index contributed by atoms with van der Waals surface area (Å²) in [5, 5.41) is 11.5. The van der Waals surface area contributed by atoms with E-state index in [1.807, 2.05) is 55.5 Å². The molecule has 0 saturated carbocycles. The highest BCUT2D eigenvalue weighted by molar-refractivity contribution is 7.71. The number of nitrogens with zero attached hydrogens (tertiary/aromatic N) is 3. The minimum atomic E-state index is 0.415. The SMILES string of the molecule is C=CCOc1ccc(C=Nn2c(-c3ccccc3)n[nH]c2=S)cc1OCC. The summed E-state index contributed by atoms with van der Waals surface area (Å²) in [5.74, 6) is 1.97. The largest absolute Gasteiger partial charge is 0.490 e. The Morgan fingerprint density at radius 2 is 2.00 bits per heavy atom. The van der Waals surface area contributed by atoms with Crippen LogP contribution in [0.25, 0.3) is 11.4 Å². The summed E-state index contributed by atoms with van der Waals surface area (Å²) in [6, 6.07) is 15.4. The molecule has 0 fully saturated rings. The lowest BCUT2D eigenvalue weighted by atomic mass is 10.2. The summed E-state index contributed by atoms with van der Waals surface area (Å²) < 4.78 is 13.3. The van der Waals surface area contributed by atoms with Crippen molar-refractivity contribution < 1.29 is 9.47 Å². The van der Waals surface area contributed by atoms with Crippen molar-refractivity contribution in [2.45, 2.75) is 6.92 Å². The number of benzene rings is 2. The van der Waals surface area contributed by atoms with E-state index in [9.17, 15) is 0 Å². The molecule has 7 heteroatoms. The minimum Gasteiger partial charge on any atom is -0.490 e. The van der Waals surface area contributed by atoms with Crippen LogP contribution in [0.1, 0.15) is 12.5 Å². The minimum absolute atomic E-state index is 0.415. The summed E-state index contributed by atoms with van der Waals surface area (Å²) >= 11 is 5.30. The lowest BCUT2D eigenvalue weighted by Gasteiger charge is -2.11. The number of hydrogen-bond acceptors (Lipinski definition) is 5. The Kier molecular flexibility index (Phi) is 6.17. The zero-order chi connectivity index (χ0) is 19.1. The molecule has 0 unspecified atom stereocenters. The number of hydrogen-bond donors (Lipinski definition) is 1. The Hall–Kier alpha value is -3.19. The average Bonchev–Trinajstić information content (AvgIpc) is 3.07. The van der Waals surface area contributed by atoms with Crippen molar-refractivity contribution in [3.63, 3.8) is 0 Å². The van der Waals surface area contributed by atoms with E-state index in [1.165, 1.54) is 0 Å². The summed E-state index contributed by atoms with van der Waals surface area (Å²) in [4.78, 5) is 0. The maximum absolute atomic E-state index is 5.66. The van der Waals surface area contributed by atoms with Gasteiger partial charge >= 0.3 is 0 Å². The number of aromatic amines is 1. The quantitative estimate of drug-likeness (QED) is 0.356. The van der Waals surface area contributed by atoms with E-state index in [1.54, 1.807) is 17.0 Å². The number of rotatable bonds is 8. The van der Waals surface area contributed by atoms with Gasteiger partial charge in [-0.05, 0) is 42.9 Å². The van der Waals surface area contributed by atoms with Crippen LogP contribution in [0.2, 0.25) is 0 Å². The van der Waals surface area contributed by atoms with Gasteiger partial charge in [-0.1, -0.05) is 43.0 Å². The van der Waals surface area contributed by atoms with Crippen LogP contribution in [0, 0.1) is 4.77 Å². The number of aromatic nitrogens is 3. The lowest BCUT2D eigenvalue weighted by molar-refractivity contribution is 0.297. The Balaban J connectivity index is 1.90. The molecule has 6 nitrogen and oxygen atoms in total. The van der Waals surface area contributed by atoms with Crippen molar-refractivity contribution >= 4 is 18.4 Å². The van der Waals surface area contributed by atoms with E-state index in [4.69, 9.17) is 21.7 Å². The van der Waals surface area contributed by atoms with Crippen LogP contribution in [-0.4, -0.2) is 34.3 Å². The Morgan fingerprint density at radius 3 is 2.74 bits per heavy atom. The molecule has 1 heterocycles. The van der Waals surface area contributed by atoms with Crippen molar-refractivity contribution in [2.24, 2.45) is 5.10 Å². The van der Waals surface area contributed by atoms with Crippen molar-refractivity contribution in [3.05, 3.63) is 71.5 Å². The van der Waals surface area contributed by atoms with Crippen LogP contribution in [0.15, 0.2) is 66.3 Å². The van der Waals surface area contributed by atoms with Crippen LogP contribution in [-0.2, 0) is 0 Å². The van der Waals surface area contributed by atoms with Crippen LogP contribution >= 0.6 is 12.2 Å². The zero-order valence-electron chi connectivity index (χ0n) is 15.0. The monoisotopic (exact) mass is 380 g/mol. The second kappa shape index (κ2) is 8.95. The molecule has 3 rings (SSSR count). The van der Waals surface area contributed by atoms with Gasteiger partial charge in [0.1, 0.15) is 6.61 Å². The molecule has 1 aromatic heterocycles. The van der Waals surface area contributed by atoms with Gasteiger partial charge in [-0.25, -0.2) is 5.10 Å². The maximum atomic E-state index is 5.66. The molecule has 2 aromatic carbocycles. The predicted molar refractivity (Wildman–Crippen MR) is 109 cm³/mol. The van der Waals surface area contributed by atoms with Gasteiger partial charge in [0.05, 0.1) is 12.8 Å². The summed E-state index contributed by atoms with van der Waals surface area (Å²) in [6.45, 7) is 6.54. The number of nitrogens with one attached hydrogen (secondary N) is 1. The third-order valence-corrected chi connectivity index (χ3v) is 3.89. The topological polar surface area (TPSA) is 64.4 Å². The highest BCUT2D eigenvalue weighted by atomic mass is 32.1. The van der Waals surface area contributed by atoms with Crippen LogP contribution in [0.4, 0.5) is 0 Å². The first-order valence-corrected chi connectivity index (χ1v) is 8.91. The van der Waals surface area contributed by atoms with Gasteiger partial charge in [0.25, 0.3) is 0 Å². The molecule has 0 aliphatic heterocycles. The Labute approximate surface area is 162 Å². The van der Waals surface area contributed by atoms with Crippen LogP contribution in [0.3, 0.4) is 0 Å². The summed E-state index contributed by atoms with van der Waals surface area (Å²) in [5.41, 5.74) is 1.77. The fraction of sp³-hybridized carbons (Fsp3) is 0.150. The molecule has 0 aliphatic carbocycles. The first-order chi connectivity index (χ1) is 13.2. The van der Waals surface area contributed by atoms with Crippen LogP contribution in [0.5, 0.6) is 11.5 Å². The van der Waals surface area contributed by atoms with Crippen molar-refractivity contribution in [3.8, 4) is 22.9 Å². The van der Waals surface area contributed by atoms with Crippen LogP contribution < -0.4 is 9.47 Å². The van der Waals surface area contributed by atoms with Gasteiger partial charge < -0.3 is 9.47 Å². The third kappa shape index (κ3) is 4.51. The molecule has 0 atom stereocenters. The van der Waals surface area contributed by atoms with Gasteiger partial charge in [-0.15, -0.1) is 0 Å². The van der Waals surface area contributed by atoms with Gasteiger partial charge in [-0.2, -0.15) is 14.9 Å². The molecule has 0 aliphatic rings. The highest BCUT2D eigenvalue weighted by Gasteiger charge is 2.08. The smallest absolute Gasteiger partial charge is 0.216 e. The summed E-state index contributed by atoms with van der Waals surface area (Å²) in [6.07, 6.45) is 3.40. The van der Waals surface area contributed by atoms with Crippen molar-refractivity contribution in [1.29, 1.82) is 0 Å². The molecule has 27 heavy (non-hydrogen) atoms. The van der Waals surface area contributed by atoms with Gasteiger partial charge in [0, 0.05) is 5.56 Å². The van der Waals surface area contributed by atoms with Gasteiger partial charge in [0.2, 0.25) is 4.77 Å². The van der Waals surface area contributed by atoms with Gasteiger partial charge in [0.15, 0.2) is 17.3 Å². The second-order valence-electron chi connectivity index (χ2n) is 5.51. The fourth-order valence-corrected chi connectivity index (χ4v) is 2.62. The number of ether oxygens (including phenoxy) is 2. The standard InChI is InChI=1S/C20H20N4O2S/c1-3-12-26-17-11-10-15(13-18(17)25-4-2)14-21-24-19(22-23-20(24)27)16-8-6-5-7-9-16/h3,5-11,13-14H,1,4,12H2,2H3,(H,23,27). The summed E-state index contributed by atoms with van der Waals surface area (Å²) in [7, 11) is 0. The zero-order valence-corrected chi connectivity index (χ0v) is 15.8. The molecule has 1 N–H and O–H groups in total. The molecule has 0 amide bonds. The first-order valence-electron chi connectivity index (χ1n) is 8.50. The molecule has 0 spiro atoms. The molecular formula is C20H20N4O2S. The Morgan fingerprint density at radius 1 is 1.19 bits per heavy atom. The predicted octanol–water partition coefficient (Wildman–Crippen LogP) is 4.45. The van der Waals surface area contributed by atoms with E-state index >= 15 is 0 Å². The maximum Gasteiger partial charge on any atom is 0.216 e. The van der Waals surface area contributed by atoms with E-state index in [0.29, 0.717) is 35.3 Å². The molecule has 0 bridgehead atoms. The molecule has 0 saturated heterocycles. The average molecular weight is 380 g/mol. The molecule has 0 radical (unpaired) electrons. The first kappa shape index (κ1) is 18.6. The Bertz CT molecular complexity index is 993. The van der Waals surface area contributed by atoms with E-state index in [-0.39, 0.29) is 0 Å². The number of H-pyrrole nitrogens is 1. The second-order valence-corrected chi connectivity index (χ2v) is 5.90. The van der Waals surface area contributed by atoms with E-state index < -0.39 is 0 Å². The van der Waals surface area contributed by atoms with E-state index in [0.717, 1.165) is 11.1 Å². The van der Waals surface area contributed by atoms with Gasteiger partial charge in [-0.3, -0.25) is 0 Å². The van der Waals surface area contributed by atoms with E-state index in [2.05, 4.69) is 21.9 Å². The van der Waals surface area contributed by atoms with Crippen molar-refractivity contribution in [2.75, 3.05) is 13.2 Å². The van der Waals surface area contributed by atoms with Crippen molar-refractivity contribution in [1.82, 2.24) is 14.9 Å². The lowest BCUT2D eigenvalue weighted by Crippen LogP contribution is -2.00. The highest BCUT2D eigenvalue weighted by Crippen LogP contribution is 2.28.